The van der Waals surface area contributed by atoms with Gasteiger partial charge in [-0.2, -0.15) is 8.78 Å². The summed E-state index contributed by atoms with van der Waals surface area (Å²) in [5, 5.41) is 3.12. The summed E-state index contributed by atoms with van der Waals surface area (Å²) >= 11 is 0. The predicted octanol–water partition coefficient (Wildman–Crippen LogP) is 5.58. The molecule has 0 radical (unpaired) electrons. The molecule has 5 heterocycles. The van der Waals surface area contributed by atoms with E-state index in [4.69, 9.17) is 14.1 Å². The van der Waals surface area contributed by atoms with Crippen LogP contribution >= 0.6 is 0 Å². The van der Waals surface area contributed by atoms with Crippen LogP contribution in [0, 0.1) is 5.82 Å². The normalized spacial score (nSPS) is 12.7. The van der Waals surface area contributed by atoms with Crippen LogP contribution < -0.4 is 19.9 Å². The summed E-state index contributed by atoms with van der Waals surface area (Å²) < 4.78 is 82.5. The van der Waals surface area contributed by atoms with E-state index in [0.717, 1.165) is 22.8 Å². The van der Waals surface area contributed by atoms with Gasteiger partial charge in [0.25, 0.3) is 11.5 Å². The highest BCUT2D eigenvalue weighted by molar-refractivity contribution is 7.92. The number of nitrogens with one attached hydrogen (secondary N) is 1. The Morgan fingerprint density at radius 2 is 1.87 bits per heavy atom. The van der Waals surface area contributed by atoms with E-state index >= 15 is 0 Å². The smallest absolute Gasteiger partial charge is 0.321 e. The Morgan fingerprint density at radius 3 is 2.60 bits per heavy atom. The number of halogens is 3. The van der Waals surface area contributed by atoms with Crippen LogP contribution in [-0.4, -0.2) is 48.8 Å². The first-order valence-corrected chi connectivity index (χ1v) is 15.9. The number of amides is 1. The second kappa shape index (κ2) is 10.8. The third-order valence-electron chi connectivity index (χ3n) is 8.13. The van der Waals surface area contributed by atoms with Gasteiger partial charge in [-0.05, 0) is 42.5 Å². The monoisotopic (exact) mass is 663 g/mol. The molecule has 1 amide bonds. The van der Waals surface area contributed by atoms with Gasteiger partial charge in [0.15, 0.2) is 6.73 Å². The van der Waals surface area contributed by atoms with Crippen molar-refractivity contribution in [2.45, 2.75) is 13.3 Å². The van der Waals surface area contributed by atoms with Crippen LogP contribution in [-0.2, 0) is 16.8 Å². The molecule has 15 heteroatoms. The second-order valence-electron chi connectivity index (χ2n) is 10.9. The molecule has 0 fully saturated rings. The Balaban J connectivity index is 1.50. The molecule has 0 bridgehead atoms. The lowest BCUT2D eigenvalue weighted by molar-refractivity contribution is 0.0665. The van der Waals surface area contributed by atoms with Gasteiger partial charge >= 0.3 is 6.55 Å². The van der Waals surface area contributed by atoms with Gasteiger partial charge in [-0.3, -0.25) is 18.5 Å². The van der Waals surface area contributed by atoms with Crippen LogP contribution in [0.5, 0.6) is 5.75 Å². The lowest BCUT2D eigenvalue weighted by Gasteiger charge is -2.23. The molecule has 1 aliphatic heterocycles. The first-order chi connectivity index (χ1) is 22.4. The van der Waals surface area contributed by atoms with Crippen molar-refractivity contribution in [2.75, 3.05) is 24.7 Å². The van der Waals surface area contributed by atoms with E-state index in [1.54, 1.807) is 34.9 Å². The number of rotatable bonds is 6. The molecule has 240 valence electrons. The van der Waals surface area contributed by atoms with Crippen molar-refractivity contribution in [1.82, 2.24) is 19.4 Å². The van der Waals surface area contributed by atoms with Crippen molar-refractivity contribution in [2.24, 2.45) is 0 Å². The number of pyridine rings is 2. The van der Waals surface area contributed by atoms with Gasteiger partial charge in [0.2, 0.25) is 10.0 Å². The van der Waals surface area contributed by atoms with Crippen molar-refractivity contribution in [3.63, 3.8) is 0 Å². The number of ether oxygens (including phenoxy) is 1. The number of hydrogen-bond donors (Lipinski definition) is 1. The maximum atomic E-state index is 14.7. The Hall–Kier alpha value is -5.57. The molecule has 7 rings (SSSR count). The zero-order valence-electron chi connectivity index (χ0n) is 24.9. The average Bonchev–Trinajstić information content (AvgIpc) is 3.62. The summed E-state index contributed by atoms with van der Waals surface area (Å²) in [7, 11) is -1.13. The van der Waals surface area contributed by atoms with E-state index in [1.165, 1.54) is 38.4 Å². The van der Waals surface area contributed by atoms with E-state index < -0.39 is 33.9 Å². The molecule has 0 unspecified atom stereocenters. The Morgan fingerprint density at radius 1 is 1.09 bits per heavy atom. The largest absolute Gasteiger partial charge is 0.470 e. The number of anilines is 1. The van der Waals surface area contributed by atoms with Gasteiger partial charge in [-0.15, -0.1) is 0 Å². The zero-order valence-corrected chi connectivity index (χ0v) is 25.7. The number of hydrogen-bond acceptors (Lipinski definition) is 7. The summed E-state index contributed by atoms with van der Waals surface area (Å²) in [6, 6.07) is 14.8. The molecule has 6 aromatic rings. The third-order valence-corrected chi connectivity index (χ3v) is 9.32. The van der Waals surface area contributed by atoms with Crippen molar-refractivity contribution in [3.8, 4) is 39.7 Å². The minimum Gasteiger partial charge on any atom is -0.470 e. The standard InChI is InChI=1S/C32H24F3N5O6S/c1-36-31(42)28-19-11-18(21-8-9-25-29(37-21)24-12-17-20(33)5-4-6-22(17)40(24)15-45-25)23(38(2)47(3,43)44)13-26(19)46-30(28)16-7-10-27(41)39(14-16)32(34)35/h4-14,32H,15H2,1-3H3,(H,36,42). The fourth-order valence-electron chi connectivity index (χ4n) is 5.73. The minimum atomic E-state index is -3.85. The third kappa shape index (κ3) is 4.81. The summed E-state index contributed by atoms with van der Waals surface area (Å²) in [6.45, 7) is -3.03. The molecule has 0 atom stereocenters. The zero-order chi connectivity index (χ0) is 33.4. The van der Waals surface area contributed by atoms with Crippen LogP contribution in [0.25, 0.3) is 55.8 Å². The predicted molar refractivity (Wildman–Crippen MR) is 169 cm³/mol. The molecule has 11 nitrogen and oxygen atoms in total. The van der Waals surface area contributed by atoms with Gasteiger partial charge in [0.1, 0.15) is 28.6 Å². The first-order valence-electron chi connectivity index (χ1n) is 14.1. The van der Waals surface area contributed by atoms with Crippen LogP contribution in [0.4, 0.5) is 18.9 Å². The van der Waals surface area contributed by atoms with E-state index in [-0.39, 0.29) is 56.1 Å². The van der Waals surface area contributed by atoms with Crippen molar-refractivity contribution in [1.29, 1.82) is 0 Å². The van der Waals surface area contributed by atoms with E-state index in [0.29, 0.717) is 28.0 Å². The quantitative estimate of drug-likeness (QED) is 0.246. The maximum absolute atomic E-state index is 14.7. The van der Waals surface area contributed by atoms with Crippen LogP contribution in [0.3, 0.4) is 0 Å². The lowest BCUT2D eigenvalue weighted by atomic mass is 10.0. The number of carbonyl (C=O) groups excluding carboxylic acids is 1. The number of fused-ring (bicyclic) bond motifs is 6. The topological polar surface area (TPSA) is 129 Å². The number of nitrogens with zero attached hydrogens (tertiary/aromatic N) is 4. The summed E-state index contributed by atoms with van der Waals surface area (Å²) in [4.78, 5) is 30.1. The van der Waals surface area contributed by atoms with Gasteiger partial charge in [0, 0.05) is 54.3 Å². The van der Waals surface area contributed by atoms with Crippen LogP contribution in [0.2, 0.25) is 0 Å². The van der Waals surface area contributed by atoms with Gasteiger partial charge in [-0.25, -0.2) is 17.8 Å². The Kier molecular flexibility index (Phi) is 6.89. The Labute approximate surface area is 264 Å². The highest BCUT2D eigenvalue weighted by Crippen LogP contribution is 2.43. The SMILES string of the molecule is CNC(=O)c1c(-c2ccc(=O)n(C(F)F)c2)oc2cc(N(C)S(C)(=O)=O)c(-c3ccc4c(n3)-c3cc5c(F)cccc5n3CO4)cc12. The van der Waals surface area contributed by atoms with Crippen molar-refractivity contribution in [3.05, 3.63) is 88.6 Å². The fourth-order valence-corrected chi connectivity index (χ4v) is 6.24. The minimum absolute atomic E-state index is 0.0170. The van der Waals surface area contributed by atoms with Gasteiger partial charge in [0.05, 0.1) is 34.4 Å². The van der Waals surface area contributed by atoms with E-state index in [1.807, 2.05) is 0 Å². The lowest BCUT2D eigenvalue weighted by Crippen LogP contribution is -2.25. The van der Waals surface area contributed by atoms with Gasteiger partial charge in [-0.1, -0.05) is 6.07 Å². The first kappa shape index (κ1) is 30.1. The summed E-state index contributed by atoms with van der Waals surface area (Å²) in [6.07, 6.45) is 1.90. The molecule has 4 aromatic heterocycles. The second-order valence-corrected chi connectivity index (χ2v) is 12.9. The molecule has 1 aliphatic rings. The molecular formula is C32H24F3N5O6S. The molecule has 0 saturated heterocycles. The highest BCUT2D eigenvalue weighted by atomic mass is 32.2. The molecular weight excluding hydrogens is 639 g/mol. The number of alkyl halides is 2. The number of benzene rings is 2. The van der Waals surface area contributed by atoms with Crippen LogP contribution in [0.1, 0.15) is 16.9 Å². The summed E-state index contributed by atoms with van der Waals surface area (Å²) in [5.41, 5.74) is 1.37. The number of sulfonamides is 1. The maximum Gasteiger partial charge on any atom is 0.321 e. The molecule has 47 heavy (non-hydrogen) atoms. The van der Waals surface area contributed by atoms with Gasteiger partial charge < -0.3 is 19.0 Å². The number of furan rings is 1. The number of aromatic nitrogens is 3. The molecule has 0 saturated carbocycles. The highest BCUT2D eigenvalue weighted by Gasteiger charge is 2.28. The van der Waals surface area contributed by atoms with E-state index in [9.17, 15) is 31.2 Å². The fraction of sp³-hybridized carbons (Fsp3) is 0.156. The van der Waals surface area contributed by atoms with Crippen molar-refractivity contribution >= 4 is 43.5 Å². The Bertz CT molecular complexity index is 2450. The number of carbonyl (C=O) groups is 1. The van der Waals surface area contributed by atoms with Crippen molar-refractivity contribution < 1.29 is 35.5 Å². The molecule has 2 aromatic carbocycles. The molecule has 1 N–H and O–H groups in total. The average molecular weight is 664 g/mol. The van der Waals surface area contributed by atoms with Crippen LogP contribution in [0.15, 0.2) is 76.1 Å². The molecule has 0 spiro atoms. The van der Waals surface area contributed by atoms with E-state index in [2.05, 4.69) is 5.32 Å². The summed E-state index contributed by atoms with van der Waals surface area (Å²) in [5.74, 6) is -0.723. The molecule has 0 aliphatic carbocycles.